The van der Waals surface area contributed by atoms with Crippen molar-refractivity contribution in [3.05, 3.63) is 35.0 Å². The van der Waals surface area contributed by atoms with Crippen LogP contribution in [0.15, 0.2) is 24.4 Å². The number of hydrogen-bond acceptors (Lipinski definition) is 3. The maximum atomic E-state index is 10.7. The van der Waals surface area contributed by atoms with Gasteiger partial charge in [0.25, 0.3) is 0 Å². The highest BCUT2D eigenvalue weighted by Gasteiger charge is 2.06. The van der Waals surface area contributed by atoms with E-state index in [1.807, 2.05) is 0 Å². The predicted molar refractivity (Wildman–Crippen MR) is 58.1 cm³/mol. The van der Waals surface area contributed by atoms with Gasteiger partial charge in [-0.05, 0) is 18.2 Å². The first-order valence-corrected chi connectivity index (χ1v) is 4.54. The first kappa shape index (κ1) is 9.73. The highest BCUT2D eigenvalue weighted by Crippen LogP contribution is 2.24. The zero-order valence-corrected chi connectivity index (χ0v) is 8.32. The third kappa shape index (κ3) is 1.71. The molecule has 0 unspecified atom stereocenters. The first-order valence-electron chi connectivity index (χ1n) is 4.16. The minimum atomic E-state index is -1.02. The SMILES string of the molecule is Nc1cc2ncc(C(=O)O)cc2cc1Cl. The van der Waals surface area contributed by atoms with E-state index >= 15 is 0 Å². The highest BCUT2D eigenvalue weighted by atomic mass is 35.5. The molecule has 1 aromatic heterocycles. The molecular weight excluding hydrogens is 216 g/mol. The highest BCUT2D eigenvalue weighted by molar-refractivity contribution is 6.33. The van der Waals surface area contributed by atoms with Crippen LogP contribution in [0.1, 0.15) is 10.4 Å². The van der Waals surface area contributed by atoms with Gasteiger partial charge in [-0.2, -0.15) is 0 Å². The Hall–Kier alpha value is -1.81. The molecule has 4 nitrogen and oxygen atoms in total. The Bertz CT molecular complexity index is 554. The molecule has 3 N–H and O–H groups in total. The fourth-order valence-electron chi connectivity index (χ4n) is 1.28. The lowest BCUT2D eigenvalue weighted by Crippen LogP contribution is -1.97. The summed E-state index contributed by atoms with van der Waals surface area (Å²) < 4.78 is 0. The second-order valence-electron chi connectivity index (χ2n) is 3.10. The smallest absolute Gasteiger partial charge is 0.337 e. The molecule has 0 fully saturated rings. The van der Waals surface area contributed by atoms with Crippen LogP contribution >= 0.6 is 11.6 Å². The molecule has 15 heavy (non-hydrogen) atoms. The zero-order chi connectivity index (χ0) is 11.0. The number of halogens is 1. The molecule has 0 amide bonds. The van der Waals surface area contributed by atoms with E-state index < -0.39 is 5.97 Å². The molecule has 0 aliphatic heterocycles. The molecule has 0 radical (unpaired) electrons. The summed E-state index contributed by atoms with van der Waals surface area (Å²) >= 11 is 5.82. The van der Waals surface area contributed by atoms with Crippen LogP contribution in [0.4, 0.5) is 5.69 Å². The van der Waals surface area contributed by atoms with Crippen LogP contribution in [0.25, 0.3) is 10.9 Å². The molecule has 0 saturated carbocycles. The van der Waals surface area contributed by atoms with E-state index in [1.54, 1.807) is 12.1 Å². The van der Waals surface area contributed by atoms with Crippen molar-refractivity contribution in [1.29, 1.82) is 0 Å². The Labute approximate surface area is 90.3 Å². The second kappa shape index (κ2) is 3.40. The Balaban J connectivity index is 2.72. The topological polar surface area (TPSA) is 76.2 Å². The molecule has 2 aromatic rings. The number of rotatable bonds is 1. The molecule has 76 valence electrons. The minimum Gasteiger partial charge on any atom is -0.478 e. The van der Waals surface area contributed by atoms with Gasteiger partial charge >= 0.3 is 5.97 Å². The largest absolute Gasteiger partial charge is 0.478 e. The van der Waals surface area contributed by atoms with Gasteiger partial charge in [-0.1, -0.05) is 11.6 Å². The molecule has 1 heterocycles. The van der Waals surface area contributed by atoms with Gasteiger partial charge in [0.1, 0.15) is 0 Å². The van der Waals surface area contributed by atoms with Crippen LogP contribution in [0.2, 0.25) is 5.02 Å². The Kier molecular flexibility index (Phi) is 2.21. The van der Waals surface area contributed by atoms with Crippen molar-refractivity contribution < 1.29 is 9.90 Å². The average molecular weight is 223 g/mol. The molecule has 0 aliphatic rings. The Morgan fingerprint density at radius 2 is 2.13 bits per heavy atom. The van der Waals surface area contributed by atoms with Gasteiger partial charge in [0.05, 0.1) is 21.8 Å². The normalized spacial score (nSPS) is 10.5. The van der Waals surface area contributed by atoms with E-state index in [4.69, 9.17) is 22.4 Å². The number of aromatic nitrogens is 1. The number of aromatic carboxylic acids is 1. The number of nitrogen functional groups attached to an aromatic ring is 1. The molecule has 0 bridgehead atoms. The number of benzene rings is 1. The number of pyridine rings is 1. The van der Waals surface area contributed by atoms with Gasteiger partial charge in [0.2, 0.25) is 0 Å². The average Bonchev–Trinajstić information content (AvgIpc) is 2.19. The zero-order valence-electron chi connectivity index (χ0n) is 7.57. The van der Waals surface area contributed by atoms with Crippen molar-refractivity contribution in [3.8, 4) is 0 Å². The maximum absolute atomic E-state index is 10.7. The van der Waals surface area contributed by atoms with E-state index in [-0.39, 0.29) is 5.56 Å². The first-order chi connectivity index (χ1) is 7.08. The number of carbonyl (C=O) groups is 1. The van der Waals surface area contributed by atoms with E-state index in [1.165, 1.54) is 12.3 Å². The summed E-state index contributed by atoms with van der Waals surface area (Å²) in [5, 5.41) is 9.83. The van der Waals surface area contributed by atoms with E-state index in [0.29, 0.717) is 21.6 Å². The monoisotopic (exact) mass is 222 g/mol. The second-order valence-corrected chi connectivity index (χ2v) is 3.50. The third-order valence-corrected chi connectivity index (χ3v) is 2.37. The van der Waals surface area contributed by atoms with Crippen LogP contribution in [0, 0.1) is 0 Å². The van der Waals surface area contributed by atoms with Crippen molar-refractivity contribution in [2.45, 2.75) is 0 Å². The number of nitrogens with zero attached hydrogens (tertiary/aromatic N) is 1. The van der Waals surface area contributed by atoms with E-state index in [0.717, 1.165) is 0 Å². The molecular formula is C10H7ClN2O2. The van der Waals surface area contributed by atoms with Crippen LogP contribution in [0.3, 0.4) is 0 Å². The molecule has 0 aliphatic carbocycles. The fraction of sp³-hybridized carbons (Fsp3) is 0. The molecule has 5 heteroatoms. The number of fused-ring (bicyclic) bond motifs is 1. The lowest BCUT2D eigenvalue weighted by Gasteiger charge is -2.02. The van der Waals surface area contributed by atoms with Gasteiger partial charge in [-0.15, -0.1) is 0 Å². The maximum Gasteiger partial charge on any atom is 0.337 e. The lowest BCUT2D eigenvalue weighted by atomic mass is 10.1. The summed E-state index contributed by atoms with van der Waals surface area (Å²) in [7, 11) is 0. The number of carboxylic acid groups (broad SMARTS) is 1. The summed E-state index contributed by atoms with van der Waals surface area (Å²) in [4.78, 5) is 14.7. The van der Waals surface area contributed by atoms with Crippen molar-refractivity contribution >= 4 is 34.2 Å². The number of hydrogen-bond donors (Lipinski definition) is 2. The van der Waals surface area contributed by atoms with Gasteiger partial charge in [-0.25, -0.2) is 4.79 Å². The van der Waals surface area contributed by atoms with Gasteiger partial charge in [0, 0.05) is 11.6 Å². The van der Waals surface area contributed by atoms with Gasteiger partial charge < -0.3 is 10.8 Å². The quantitative estimate of drug-likeness (QED) is 0.725. The van der Waals surface area contributed by atoms with Gasteiger partial charge in [-0.3, -0.25) is 4.98 Å². The number of carboxylic acids is 1. The summed E-state index contributed by atoms with van der Waals surface area (Å²) in [6.07, 6.45) is 1.29. The molecule has 0 saturated heterocycles. The molecule has 0 atom stereocenters. The van der Waals surface area contributed by atoms with Crippen molar-refractivity contribution in [2.24, 2.45) is 0 Å². The van der Waals surface area contributed by atoms with E-state index in [2.05, 4.69) is 4.98 Å². The van der Waals surface area contributed by atoms with Crippen LogP contribution in [-0.4, -0.2) is 16.1 Å². The summed E-state index contributed by atoms with van der Waals surface area (Å²) in [6, 6.07) is 4.73. The van der Waals surface area contributed by atoms with E-state index in [9.17, 15) is 4.79 Å². The molecule has 1 aromatic carbocycles. The molecule has 2 rings (SSSR count). The summed E-state index contributed by atoms with van der Waals surface area (Å²) in [6.45, 7) is 0. The fourth-order valence-corrected chi connectivity index (χ4v) is 1.45. The molecule has 0 spiro atoms. The summed E-state index contributed by atoms with van der Waals surface area (Å²) in [5.74, 6) is -1.02. The van der Waals surface area contributed by atoms with Crippen LogP contribution in [0.5, 0.6) is 0 Å². The minimum absolute atomic E-state index is 0.128. The van der Waals surface area contributed by atoms with Crippen LogP contribution < -0.4 is 5.73 Å². The third-order valence-electron chi connectivity index (χ3n) is 2.05. The number of anilines is 1. The summed E-state index contributed by atoms with van der Waals surface area (Å²) in [5.41, 5.74) is 6.78. The van der Waals surface area contributed by atoms with Crippen molar-refractivity contribution in [2.75, 3.05) is 5.73 Å². The van der Waals surface area contributed by atoms with Crippen molar-refractivity contribution in [3.63, 3.8) is 0 Å². The van der Waals surface area contributed by atoms with Crippen LogP contribution in [-0.2, 0) is 0 Å². The number of nitrogens with two attached hydrogens (primary N) is 1. The predicted octanol–water partition coefficient (Wildman–Crippen LogP) is 2.17. The van der Waals surface area contributed by atoms with Crippen molar-refractivity contribution in [1.82, 2.24) is 4.98 Å². The Morgan fingerprint density at radius 1 is 1.40 bits per heavy atom. The Morgan fingerprint density at radius 3 is 2.80 bits per heavy atom. The van der Waals surface area contributed by atoms with Gasteiger partial charge in [0.15, 0.2) is 0 Å². The standard InChI is InChI=1S/C10H7ClN2O2/c11-7-2-5-1-6(10(14)15)4-13-9(5)3-8(7)12/h1-4H,12H2,(H,14,15). The lowest BCUT2D eigenvalue weighted by molar-refractivity contribution is 0.0696.